The second kappa shape index (κ2) is 6.06. The maximum absolute atomic E-state index is 6.01. The lowest BCUT2D eigenvalue weighted by Gasteiger charge is -2.34. The van der Waals surface area contributed by atoms with Crippen LogP contribution in [0.25, 0.3) is 0 Å². The first kappa shape index (κ1) is 13.8. The Hall–Kier alpha value is -1.20. The van der Waals surface area contributed by atoms with Crippen molar-refractivity contribution >= 4 is 11.3 Å². The quantitative estimate of drug-likeness (QED) is 0.919. The summed E-state index contributed by atoms with van der Waals surface area (Å²) in [6, 6.07) is 4.15. The van der Waals surface area contributed by atoms with E-state index in [0.29, 0.717) is 0 Å². The number of nitrogens with two attached hydrogens (primary N) is 1. The third-order valence-electron chi connectivity index (χ3n) is 4.30. The molecule has 2 aromatic heterocycles. The van der Waals surface area contributed by atoms with Crippen LogP contribution in [0.15, 0.2) is 22.0 Å². The summed E-state index contributed by atoms with van der Waals surface area (Å²) < 4.78 is 5.43. The Kier molecular flexibility index (Phi) is 4.17. The van der Waals surface area contributed by atoms with Crippen molar-refractivity contribution in [3.05, 3.63) is 34.1 Å². The molecule has 0 amide bonds. The monoisotopic (exact) mass is 291 g/mol. The first-order valence-corrected chi connectivity index (χ1v) is 8.22. The van der Waals surface area contributed by atoms with Gasteiger partial charge in [0.25, 0.3) is 0 Å². The Morgan fingerprint density at radius 3 is 2.85 bits per heavy atom. The number of hydrogen-bond acceptors (Lipinski definition) is 5. The Morgan fingerprint density at radius 1 is 1.30 bits per heavy atom. The third kappa shape index (κ3) is 3.10. The van der Waals surface area contributed by atoms with Gasteiger partial charge in [-0.2, -0.15) is 4.98 Å². The van der Waals surface area contributed by atoms with Gasteiger partial charge in [-0.15, -0.1) is 11.3 Å². The van der Waals surface area contributed by atoms with Crippen LogP contribution in [0.3, 0.4) is 0 Å². The predicted molar refractivity (Wildman–Crippen MR) is 79.7 cm³/mol. The third-order valence-corrected chi connectivity index (χ3v) is 5.17. The molecule has 1 fully saturated rings. The van der Waals surface area contributed by atoms with E-state index in [2.05, 4.69) is 21.6 Å². The first-order valence-electron chi connectivity index (χ1n) is 7.34. The summed E-state index contributed by atoms with van der Waals surface area (Å²) in [5.41, 5.74) is 6.20. The van der Waals surface area contributed by atoms with Crippen molar-refractivity contribution in [1.29, 1.82) is 0 Å². The summed E-state index contributed by atoms with van der Waals surface area (Å²) in [4.78, 5) is 5.81. The van der Waals surface area contributed by atoms with E-state index >= 15 is 0 Å². The Bertz CT molecular complexity index is 529. The fraction of sp³-hybridized carbons (Fsp3) is 0.600. The highest BCUT2D eigenvalue weighted by Crippen LogP contribution is 2.38. The molecule has 0 atom stereocenters. The molecule has 0 aromatic carbocycles. The van der Waals surface area contributed by atoms with Crippen molar-refractivity contribution in [2.45, 2.75) is 44.9 Å². The van der Waals surface area contributed by atoms with Crippen molar-refractivity contribution in [3.8, 4) is 0 Å². The largest absolute Gasteiger partial charge is 0.339 e. The van der Waals surface area contributed by atoms with Crippen molar-refractivity contribution in [3.63, 3.8) is 0 Å². The molecule has 2 N–H and O–H groups in total. The SMILES string of the molecule is NCC1(Cc2nc(Cc3cccs3)no2)CCCCC1. The topological polar surface area (TPSA) is 64.9 Å². The molecule has 0 saturated heterocycles. The lowest BCUT2D eigenvalue weighted by atomic mass is 9.72. The molecule has 0 radical (unpaired) electrons. The molecular weight excluding hydrogens is 270 g/mol. The smallest absolute Gasteiger partial charge is 0.227 e. The van der Waals surface area contributed by atoms with Crippen molar-refractivity contribution in [1.82, 2.24) is 10.1 Å². The van der Waals surface area contributed by atoms with E-state index in [-0.39, 0.29) is 5.41 Å². The lowest BCUT2D eigenvalue weighted by Crippen LogP contribution is -2.35. The molecule has 0 aliphatic heterocycles. The molecule has 3 rings (SSSR count). The minimum absolute atomic E-state index is 0.186. The van der Waals surface area contributed by atoms with Gasteiger partial charge in [-0.3, -0.25) is 0 Å². The number of rotatable bonds is 5. The van der Waals surface area contributed by atoms with Crippen LogP contribution < -0.4 is 5.73 Å². The Balaban J connectivity index is 1.67. The standard InChI is InChI=1S/C15H21N3OS/c16-11-15(6-2-1-3-7-15)10-14-17-13(18-19-14)9-12-5-4-8-20-12/h4-5,8H,1-3,6-7,9-11,16H2. The summed E-state index contributed by atoms with van der Waals surface area (Å²) in [5, 5.41) is 6.17. The van der Waals surface area contributed by atoms with Crippen LogP contribution >= 0.6 is 11.3 Å². The second-order valence-corrected chi connectivity index (χ2v) is 6.83. The molecule has 1 saturated carbocycles. The fourth-order valence-corrected chi connectivity index (χ4v) is 3.78. The van der Waals surface area contributed by atoms with E-state index in [1.807, 2.05) is 6.07 Å². The van der Waals surface area contributed by atoms with Crippen molar-refractivity contribution in [2.24, 2.45) is 11.1 Å². The summed E-state index contributed by atoms with van der Waals surface area (Å²) in [6.07, 6.45) is 7.84. The maximum Gasteiger partial charge on any atom is 0.227 e. The Morgan fingerprint density at radius 2 is 2.15 bits per heavy atom. The van der Waals surface area contributed by atoms with E-state index in [1.54, 1.807) is 11.3 Å². The van der Waals surface area contributed by atoms with Gasteiger partial charge in [-0.05, 0) is 36.2 Å². The highest BCUT2D eigenvalue weighted by atomic mass is 32.1. The molecule has 5 heteroatoms. The van der Waals surface area contributed by atoms with Gasteiger partial charge in [0, 0.05) is 17.7 Å². The number of nitrogens with zero attached hydrogens (tertiary/aromatic N) is 2. The van der Waals surface area contributed by atoms with Crippen LogP contribution in [0.4, 0.5) is 0 Å². The van der Waals surface area contributed by atoms with Gasteiger partial charge in [-0.25, -0.2) is 0 Å². The summed E-state index contributed by atoms with van der Waals surface area (Å²) >= 11 is 1.72. The molecule has 0 unspecified atom stereocenters. The highest BCUT2D eigenvalue weighted by molar-refractivity contribution is 7.09. The molecule has 4 nitrogen and oxygen atoms in total. The van der Waals surface area contributed by atoms with Gasteiger partial charge in [0.2, 0.25) is 5.89 Å². The molecule has 0 spiro atoms. The van der Waals surface area contributed by atoms with E-state index in [4.69, 9.17) is 10.3 Å². The lowest BCUT2D eigenvalue weighted by molar-refractivity contribution is 0.177. The highest BCUT2D eigenvalue weighted by Gasteiger charge is 2.32. The molecule has 20 heavy (non-hydrogen) atoms. The molecule has 1 aliphatic rings. The van der Waals surface area contributed by atoms with Crippen LogP contribution in [0.2, 0.25) is 0 Å². The van der Waals surface area contributed by atoms with Crippen LogP contribution in [-0.4, -0.2) is 16.7 Å². The Labute approximate surface area is 123 Å². The average Bonchev–Trinajstić information content (AvgIpc) is 3.13. The average molecular weight is 291 g/mol. The minimum atomic E-state index is 0.186. The molecule has 0 bridgehead atoms. The molecule has 2 aromatic rings. The van der Waals surface area contributed by atoms with E-state index in [9.17, 15) is 0 Å². The van der Waals surface area contributed by atoms with Crippen LogP contribution in [-0.2, 0) is 12.8 Å². The van der Waals surface area contributed by atoms with E-state index in [0.717, 1.165) is 31.1 Å². The van der Waals surface area contributed by atoms with Crippen LogP contribution in [0.1, 0.15) is 48.7 Å². The van der Waals surface area contributed by atoms with Gasteiger partial charge in [0.1, 0.15) is 0 Å². The fourth-order valence-electron chi connectivity index (χ4n) is 3.08. The zero-order valence-corrected chi connectivity index (χ0v) is 12.5. The first-order chi connectivity index (χ1) is 9.80. The van der Waals surface area contributed by atoms with E-state index < -0.39 is 0 Å². The van der Waals surface area contributed by atoms with Gasteiger partial charge in [0.05, 0.1) is 0 Å². The molecular formula is C15H21N3OS. The normalized spacial score (nSPS) is 18.2. The number of hydrogen-bond donors (Lipinski definition) is 1. The van der Waals surface area contributed by atoms with Gasteiger partial charge >= 0.3 is 0 Å². The zero-order chi connectivity index (χ0) is 13.8. The van der Waals surface area contributed by atoms with Crippen LogP contribution in [0.5, 0.6) is 0 Å². The summed E-state index contributed by atoms with van der Waals surface area (Å²) in [6.45, 7) is 0.718. The molecule has 1 aliphatic carbocycles. The summed E-state index contributed by atoms with van der Waals surface area (Å²) in [5.74, 6) is 1.54. The van der Waals surface area contributed by atoms with Gasteiger partial charge < -0.3 is 10.3 Å². The van der Waals surface area contributed by atoms with Crippen LogP contribution in [0, 0.1) is 5.41 Å². The summed E-state index contributed by atoms with van der Waals surface area (Å²) in [7, 11) is 0. The van der Waals surface area contributed by atoms with Gasteiger partial charge in [-0.1, -0.05) is 30.5 Å². The number of thiophene rings is 1. The van der Waals surface area contributed by atoms with Crippen molar-refractivity contribution < 1.29 is 4.52 Å². The maximum atomic E-state index is 6.01. The van der Waals surface area contributed by atoms with E-state index in [1.165, 1.54) is 37.0 Å². The second-order valence-electron chi connectivity index (χ2n) is 5.80. The van der Waals surface area contributed by atoms with Gasteiger partial charge in [0.15, 0.2) is 5.82 Å². The predicted octanol–water partition coefficient (Wildman–Crippen LogP) is 3.17. The number of aromatic nitrogens is 2. The minimum Gasteiger partial charge on any atom is -0.339 e. The zero-order valence-electron chi connectivity index (χ0n) is 11.7. The molecule has 108 valence electrons. The van der Waals surface area contributed by atoms with Crippen molar-refractivity contribution in [2.75, 3.05) is 6.54 Å². The molecule has 2 heterocycles.